The molecule has 0 amide bonds. The van der Waals surface area contributed by atoms with Crippen LogP contribution in [-0.4, -0.2) is 10.3 Å². The molecule has 10 heavy (non-hydrogen) atoms. The molecule has 0 radical (unpaired) electrons. The molecule has 0 bridgehead atoms. The zero-order valence-electron chi connectivity index (χ0n) is 4.81. The van der Waals surface area contributed by atoms with Gasteiger partial charge >= 0.3 is 0 Å². The fourth-order valence-corrected chi connectivity index (χ4v) is 1.25. The minimum absolute atomic E-state index is 0.467. The third-order valence-electron chi connectivity index (χ3n) is 1.35. The summed E-state index contributed by atoms with van der Waals surface area (Å²) in [7, 11) is 0. The highest BCUT2D eigenvalue weighted by Gasteiger charge is 2.22. The second-order valence-corrected chi connectivity index (χ2v) is 2.64. The molecule has 0 aromatic rings. The lowest BCUT2D eigenvalue weighted by Gasteiger charge is -1.90. The molecule has 2 aliphatic rings. The van der Waals surface area contributed by atoms with Crippen molar-refractivity contribution in [1.82, 2.24) is 0 Å². The van der Waals surface area contributed by atoms with E-state index in [2.05, 4.69) is 9.98 Å². The van der Waals surface area contributed by atoms with Gasteiger partial charge in [-0.25, -0.2) is 9.98 Å². The summed E-state index contributed by atoms with van der Waals surface area (Å²) in [5, 5.41) is 0.934. The van der Waals surface area contributed by atoms with Gasteiger partial charge in [0.15, 0.2) is 0 Å². The molecule has 0 spiro atoms. The zero-order valence-corrected chi connectivity index (χ0v) is 6.32. The molecule has 0 unspecified atom stereocenters. The van der Waals surface area contributed by atoms with Gasteiger partial charge in [-0.15, -0.1) is 0 Å². The van der Waals surface area contributed by atoms with Gasteiger partial charge in [-0.05, 0) is 0 Å². The summed E-state index contributed by atoms with van der Waals surface area (Å²) in [4.78, 5) is 7.72. The Kier molecular flexibility index (Phi) is 1.19. The lowest BCUT2D eigenvalue weighted by Crippen LogP contribution is -1.92. The highest BCUT2D eigenvalue weighted by Crippen LogP contribution is 2.28. The molecule has 0 saturated carbocycles. The van der Waals surface area contributed by atoms with Crippen LogP contribution in [0.25, 0.3) is 0 Å². The predicted molar refractivity (Wildman–Crippen MR) is 42.7 cm³/mol. The number of hydrogen-bond donors (Lipinski definition) is 0. The molecule has 50 valence electrons. The zero-order chi connectivity index (χ0) is 7.14. The fourth-order valence-electron chi connectivity index (χ4n) is 0.849. The second kappa shape index (κ2) is 1.94. The van der Waals surface area contributed by atoms with E-state index in [0.29, 0.717) is 10.3 Å². The van der Waals surface area contributed by atoms with Gasteiger partial charge in [0, 0.05) is 23.5 Å². The first-order valence-electron chi connectivity index (χ1n) is 2.67. The van der Waals surface area contributed by atoms with Crippen LogP contribution in [0.15, 0.2) is 33.5 Å². The van der Waals surface area contributed by atoms with Crippen LogP contribution in [0.4, 0.5) is 0 Å². The first kappa shape index (κ1) is 6.13. The number of aliphatic imine (C=N–C) groups is 2. The number of rotatable bonds is 0. The van der Waals surface area contributed by atoms with Crippen molar-refractivity contribution in [1.29, 1.82) is 0 Å². The van der Waals surface area contributed by atoms with E-state index in [9.17, 15) is 0 Å². The van der Waals surface area contributed by atoms with Gasteiger partial charge in [0.2, 0.25) is 0 Å². The Labute approximate surface area is 67.6 Å². The average Bonchev–Trinajstić information content (AvgIpc) is 2.41. The van der Waals surface area contributed by atoms with Crippen LogP contribution in [0, 0.1) is 0 Å². The van der Waals surface area contributed by atoms with Gasteiger partial charge in [-0.3, -0.25) is 0 Å². The van der Waals surface area contributed by atoms with Gasteiger partial charge in [0.1, 0.15) is 10.3 Å². The van der Waals surface area contributed by atoms with Gasteiger partial charge in [-0.2, -0.15) is 0 Å². The van der Waals surface area contributed by atoms with Crippen LogP contribution >= 0.6 is 23.2 Å². The Morgan fingerprint density at radius 1 is 0.900 bits per heavy atom. The Hall–Kier alpha value is -0.600. The Morgan fingerprint density at radius 2 is 1.30 bits per heavy atom. The molecule has 0 N–H and O–H groups in total. The molecule has 2 aliphatic heterocycles. The Balaban J connectivity index is 2.49. The maximum atomic E-state index is 5.68. The van der Waals surface area contributed by atoms with E-state index in [-0.39, 0.29) is 0 Å². The van der Waals surface area contributed by atoms with E-state index in [1.165, 1.54) is 0 Å². The molecule has 4 heteroatoms. The summed E-state index contributed by atoms with van der Waals surface area (Å²) < 4.78 is 0. The molecular formula is C6H2Cl2N2. The van der Waals surface area contributed by atoms with Crippen molar-refractivity contribution in [3.05, 3.63) is 23.5 Å². The normalized spacial score (nSPS) is 21.4. The number of nitrogens with zero attached hydrogens (tertiary/aromatic N) is 2. The molecule has 0 aliphatic carbocycles. The summed E-state index contributed by atoms with van der Waals surface area (Å²) in [6, 6.07) is 0. The van der Waals surface area contributed by atoms with Gasteiger partial charge in [0.05, 0.1) is 0 Å². The van der Waals surface area contributed by atoms with Crippen LogP contribution in [0.1, 0.15) is 0 Å². The number of hydrogen-bond acceptors (Lipinski definition) is 2. The number of halogens is 2. The van der Waals surface area contributed by atoms with E-state index in [4.69, 9.17) is 23.2 Å². The van der Waals surface area contributed by atoms with Gasteiger partial charge in [-0.1, -0.05) is 23.2 Å². The molecule has 0 aromatic heterocycles. The fraction of sp³-hybridized carbons (Fsp3) is 0. The minimum atomic E-state index is 0.467. The van der Waals surface area contributed by atoms with Crippen LogP contribution in [-0.2, 0) is 0 Å². The van der Waals surface area contributed by atoms with Gasteiger partial charge in [0.25, 0.3) is 0 Å². The van der Waals surface area contributed by atoms with Gasteiger partial charge < -0.3 is 0 Å². The summed E-state index contributed by atoms with van der Waals surface area (Å²) in [6.45, 7) is 0. The van der Waals surface area contributed by atoms with Crippen molar-refractivity contribution in [2.75, 3.05) is 0 Å². The lowest BCUT2D eigenvalue weighted by atomic mass is 10.2. The van der Waals surface area contributed by atoms with E-state index >= 15 is 0 Å². The standard InChI is InChI=1S/C6H2Cl2N2/c7-5-3-1-9-6(8)4(3)2-10-5/h1-2H. The van der Waals surface area contributed by atoms with E-state index in [0.717, 1.165) is 11.1 Å². The molecule has 2 heterocycles. The maximum Gasteiger partial charge on any atom is 0.138 e. The van der Waals surface area contributed by atoms with Crippen LogP contribution in [0.3, 0.4) is 0 Å². The molecule has 0 saturated heterocycles. The van der Waals surface area contributed by atoms with Crippen molar-refractivity contribution in [2.24, 2.45) is 9.98 Å². The van der Waals surface area contributed by atoms with Crippen LogP contribution < -0.4 is 0 Å². The van der Waals surface area contributed by atoms with Crippen molar-refractivity contribution in [2.45, 2.75) is 0 Å². The topological polar surface area (TPSA) is 24.7 Å². The summed E-state index contributed by atoms with van der Waals surface area (Å²) in [5.74, 6) is 0. The Morgan fingerprint density at radius 3 is 1.70 bits per heavy atom. The minimum Gasteiger partial charge on any atom is -0.243 e. The molecule has 0 fully saturated rings. The third-order valence-corrected chi connectivity index (χ3v) is 1.95. The molecular weight excluding hydrogens is 171 g/mol. The summed E-state index contributed by atoms with van der Waals surface area (Å²) in [6.07, 6.45) is 3.24. The second-order valence-electron chi connectivity index (χ2n) is 1.93. The highest BCUT2D eigenvalue weighted by atomic mass is 35.5. The van der Waals surface area contributed by atoms with Crippen molar-refractivity contribution < 1.29 is 0 Å². The molecule has 0 aromatic carbocycles. The van der Waals surface area contributed by atoms with E-state index in [1.54, 1.807) is 12.4 Å². The molecule has 0 atom stereocenters. The largest absolute Gasteiger partial charge is 0.243 e. The van der Waals surface area contributed by atoms with Crippen molar-refractivity contribution in [3.63, 3.8) is 0 Å². The van der Waals surface area contributed by atoms with E-state index in [1.807, 2.05) is 0 Å². The SMILES string of the molecule is ClC1=NC=C2C1=CN=C2Cl. The first-order chi connectivity index (χ1) is 4.79. The summed E-state index contributed by atoms with van der Waals surface area (Å²) >= 11 is 11.4. The van der Waals surface area contributed by atoms with Crippen LogP contribution in [0.5, 0.6) is 0 Å². The number of fused-ring (bicyclic) bond motifs is 1. The van der Waals surface area contributed by atoms with Crippen molar-refractivity contribution >= 4 is 33.5 Å². The highest BCUT2D eigenvalue weighted by molar-refractivity contribution is 6.76. The quantitative estimate of drug-likeness (QED) is 0.535. The molecule has 2 rings (SSSR count). The Bertz CT molecular complexity index is 278. The predicted octanol–water partition coefficient (Wildman–Crippen LogP) is 2.06. The van der Waals surface area contributed by atoms with Crippen molar-refractivity contribution in [3.8, 4) is 0 Å². The smallest absolute Gasteiger partial charge is 0.138 e. The van der Waals surface area contributed by atoms with Crippen LogP contribution in [0.2, 0.25) is 0 Å². The monoisotopic (exact) mass is 172 g/mol. The number of allylic oxidation sites excluding steroid dienone is 2. The molecule has 2 nitrogen and oxygen atoms in total. The average molecular weight is 173 g/mol. The van der Waals surface area contributed by atoms with E-state index < -0.39 is 0 Å². The third kappa shape index (κ3) is 0.662. The first-order valence-corrected chi connectivity index (χ1v) is 3.42. The lowest BCUT2D eigenvalue weighted by molar-refractivity contribution is 1.60. The summed E-state index contributed by atoms with van der Waals surface area (Å²) in [5.41, 5.74) is 1.65. The maximum absolute atomic E-state index is 5.68.